The molecule has 0 N–H and O–H groups in total. The second-order valence-corrected chi connectivity index (χ2v) is 3.38. The number of carbonyl (C=O) groups is 1. The lowest BCUT2D eigenvalue weighted by atomic mass is 10.1. The minimum absolute atomic E-state index is 0.106. The summed E-state index contributed by atoms with van der Waals surface area (Å²) >= 11 is 0. The molecule has 0 amide bonds. The van der Waals surface area contributed by atoms with Crippen LogP contribution in [0, 0.1) is 11.6 Å². The van der Waals surface area contributed by atoms with Crippen molar-refractivity contribution < 1.29 is 23.0 Å². The smallest absolute Gasteiger partial charge is 0.306 e. The van der Waals surface area contributed by atoms with Crippen molar-refractivity contribution in [1.29, 1.82) is 0 Å². The van der Waals surface area contributed by atoms with E-state index in [4.69, 9.17) is 9.47 Å². The molecule has 5 heteroatoms. The molecular weight excluding hydrogens is 230 g/mol. The molecule has 0 atom stereocenters. The Morgan fingerprint density at radius 3 is 2.53 bits per heavy atom. The third kappa shape index (κ3) is 3.69. The topological polar surface area (TPSA) is 35.5 Å². The summed E-state index contributed by atoms with van der Waals surface area (Å²) in [6, 6.07) is 2.00. The molecule has 0 aliphatic heterocycles. The van der Waals surface area contributed by atoms with E-state index in [1.165, 1.54) is 7.11 Å². The summed E-state index contributed by atoms with van der Waals surface area (Å²) in [5.41, 5.74) is 0.444. The first-order valence-electron chi connectivity index (χ1n) is 5.26. The molecule has 0 bridgehead atoms. The molecule has 1 rings (SSSR count). The van der Waals surface area contributed by atoms with Crippen LogP contribution in [0.1, 0.15) is 18.9 Å². The van der Waals surface area contributed by atoms with E-state index in [9.17, 15) is 13.6 Å². The van der Waals surface area contributed by atoms with E-state index < -0.39 is 11.6 Å². The molecule has 1 aromatic rings. The fourth-order valence-electron chi connectivity index (χ4n) is 1.43. The van der Waals surface area contributed by atoms with Crippen LogP contribution in [0.4, 0.5) is 8.78 Å². The summed E-state index contributed by atoms with van der Waals surface area (Å²) in [5.74, 6) is -2.07. The van der Waals surface area contributed by atoms with Gasteiger partial charge in [0.2, 0.25) is 0 Å². The maximum Gasteiger partial charge on any atom is 0.306 e. The first kappa shape index (κ1) is 13.4. The van der Waals surface area contributed by atoms with Gasteiger partial charge in [-0.15, -0.1) is 0 Å². The third-order valence-electron chi connectivity index (χ3n) is 2.23. The van der Waals surface area contributed by atoms with Gasteiger partial charge in [-0.25, -0.2) is 8.78 Å². The van der Waals surface area contributed by atoms with E-state index in [0.29, 0.717) is 12.2 Å². The summed E-state index contributed by atoms with van der Waals surface area (Å²) < 4.78 is 35.6. The van der Waals surface area contributed by atoms with Crippen LogP contribution in [-0.2, 0) is 16.0 Å². The molecule has 0 saturated carbocycles. The quantitative estimate of drug-likeness (QED) is 0.746. The minimum atomic E-state index is -0.971. The zero-order valence-electron chi connectivity index (χ0n) is 9.76. The number of rotatable bonds is 5. The number of halogens is 2. The Morgan fingerprint density at radius 1 is 1.29 bits per heavy atom. The zero-order valence-corrected chi connectivity index (χ0v) is 9.76. The van der Waals surface area contributed by atoms with Crippen LogP contribution in [0.15, 0.2) is 12.1 Å². The lowest BCUT2D eigenvalue weighted by Gasteiger charge is -2.08. The van der Waals surface area contributed by atoms with E-state index in [1.54, 1.807) is 6.92 Å². The Kier molecular flexibility index (Phi) is 4.87. The molecular formula is C12H14F2O3. The largest absolute Gasteiger partial charge is 0.496 e. The highest BCUT2D eigenvalue weighted by Gasteiger charge is 2.12. The van der Waals surface area contributed by atoms with Crippen LogP contribution in [0.3, 0.4) is 0 Å². The van der Waals surface area contributed by atoms with Crippen LogP contribution >= 0.6 is 0 Å². The van der Waals surface area contributed by atoms with Crippen molar-refractivity contribution in [3.8, 4) is 5.75 Å². The van der Waals surface area contributed by atoms with Gasteiger partial charge in [0.25, 0.3) is 0 Å². The normalized spacial score (nSPS) is 10.1. The van der Waals surface area contributed by atoms with E-state index >= 15 is 0 Å². The molecule has 94 valence electrons. The van der Waals surface area contributed by atoms with Gasteiger partial charge in [-0.1, -0.05) is 0 Å². The highest BCUT2D eigenvalue weighted by Crippen LogP contribution is 2.23. The van der Waals surface area contributed by atoms with Gasteiger partial charge in [0.1, 0.15) is 5.75 Å². The third-order valence-corrected chi connectivity index (χ3v) is 2.23. The fourth-order valence-corrected chi connectivity index (χ4v) is 1.43. The van der Waals surface area contributed by atoms with Crippen molar-refractivity contribution in [3.63, 3.8) is 0 Å². The van der Waals surface area contributed by atoms with Gasteiger partial charge in [0, 0.05) is 12.5 Å². The number of hydrogen-bond donors (Lipinski definition) is 0. The number of carbonyl (C=O) groups excluding carboxylic acids is 1. The molecule has 0 unspecified atom stereocenters. The molecule has 0 radical (unpaired) electrons. The number of methoxy groups -OCH3 is 1. The number of benzene rings is 1. The van der Waals surface area contributed by atoms with E-state index in [2.05, 4.69) is 0 Å². The van der Waals surface area contributed by atoms with Gasteiger partial charge < -0.3 is 9.47 Å². The van der Waals surface area contributed by atoms with Gasteiger partial charge in [-0.05, 0) is 25.0 Å². The van der Waals surface area contributed by atoms with Gasteiger partial charge in [-0.3, -0.25) is 4.79 Å². The van der Waals surface area contributed by atoms with Gasteiger partial charge in [0.05, 0.1) is 13.7 Å². The molecule has 0 fully saturated rings. The van der Waals surface area contributed by atoms with Gasteiger partial charge >= 0.3 is 5.97 Å². The lowest BCUT2D eigenvalue weighted by molar-refractivity contribution is -0.143. The molecule has 17 heavy (non-hydrogen) atoms. The van der Waals surface area contributed by atoms with Gasteiger partial charge in [0.15, 0.2) is 11.6 Å². The maximum atomic E-state index is 13.0. The average Bonchev–Trinajstić information content (AvgIpc) is 2.30. The lowest BCUT2D eigenvalue weighted by Crippen LogP contribution is -2.06. The van der Waals surface area contributed by atoms with Crippen LogP contribution in [-0.4, -0.2) is 19.7 Å². The molecule has 3 nitrogen and oxygen atoms in total. The summed E-state index contributed by atoms with van der Waals surface area (Å²) in [6.07, 6.45) is 0.356. The highest BCUT2D eigenvalue weighted by atomic mass is 19.2. The minimum Gasteiger partial charge on any atom is -0.496 e. The molecule has 0 saturated heterocycles. The second-order valence-electron chi connectivity index (χ2n) is 3.38. The van der Waals surface area contributed by atoms with Crippen molar-refractivity contribution in [2.45, 2.75) is 19.8 Å². The Morgan fingerprint density at radius 2 is 1.94 bits per heavy atom. The zero-order chi connectivity index (χ0) is 12.8. The Balaban J connectivity index is 2.76. The number of hydrogen-bond acceptors (Lipinski definition) is 3. The fraction of sp³-hybridized carbons (Fsp3) is 0.417. The maximum absolute atomic E-state index is 13.0. The standard InChI is InChI=1S/C12H14F2O3/c1-3-17-12(15)5-4-8-6-9(13)10(14)7-11(8)16-2/h6-7H,3-5H2,1-2H3. The van der Waals surface area contributed by atoms with Crippen molar-refractivity contribution in [3.05, 3.63) is 29.3 Å². The van der Waals surface area contributed by atoms with E-state index in [-0.39, 0.29) is 24.6 Å². The molecule has 0 aliphatic rings. The number of esters is 1. The van der Waals surface area contributed by atoms with Crippen LogP contribution in [0.25, 0.3) is 0 Å². The van der Waals surface area contributed by atoms with Crippen LogP contribution in [0.5, 0.6) is 5.75 Å². The Bertz CT molecular complexity index is 405. The molecule has 0 spiro atoms. The molecule has 1 aromatic carbocycles. The van der Waals surface area contributed by atoms with Crippen molar-refractivity contribution in [1.82, 2.24) is 0 Å². The van der Waals surface area contributed by atoms with E-state index in [1.807, 2.05) is 0 Å². The summed E-state index contributed by atoms with van der Waals surface area (Å²) in [4.78, 5) is 11.1. The van der Waals surface area contributed by atoms with Crippen molar-refractivity contribution >= 4 is 5.97 Å². The van der Waals surface area contributed by atoms with Crippen molar-refractivity contribution in [2.24, 2.45) is 0 Å². The predicted molar refractivity (Wildman–Crippen MR) is 57.9 cm³/mol. The van der Waals surface area contributed by atoms with Crippen LogP contribution in [0.2, 0.25) is 0 Å². The summed E-state index contributed by atoms with van der Waals surface area (Å²) in [7, 11) is 1.36. The summed E-state index contributed by atoms with van der Waals surface area (Å²) in [5, 5.41) is 0. The first-order chi connectivity index (χ1) is 8.08. The molecule has 0 heterocycles. The SMILES string of the molecule is CCOC(=O)CCc1cc(F)c(F)cc1OC. The van der Waals surface area contributed by atoms with Gasteiger partial charge in [-0.2, -0.15) is 0 Å². The Hall–Kier alpha value is -1.65. The Labute approximate surface area is 98.3 Å². The van der Waals surface area contributed by atoms with Crippen LogP contribution < -0.4 is 4.74 Å². The highest BCUT2D eigenvalue weighted by molar-refractivity contribution is 5.69. The number of aryl methyl sites for hydroxylation is 1. The second kappa shape index (κ2) is 6.18. The van der Waals surface area contributed by atoms with Crippen molar-refractivity contribution in [2.75, 3.05) is 13.7 Å². The predicted octanol–water partition coefficient (Wildman–Crippen LogP) is 2.47. The summed E-state index contributed by atoms with van der Waals surface area (Å²) in [6.45, 7) is 2.00. The monoisotopic (exact) mass is 244 g/mol. The van der Waals surface area contributed by atoms with E-state index in [0.717, 1.165) is 12.1 Å². The average molecular weight is 244 g/mol. The molecule has 0 aliphatic carbocycles. The first-order valence-corrected chi connectivity index (χ1v) is 5.26. The number of ether oxygens (including phenoxy) is 2. The molecule has 0 aromatic heterocycles.